The maximum absolute atomic E-state index is 13.8. The van der Waals surface area contributed by atoms with E-state index in [1.165, 1.54) is 24.3 Å². The van der Waals surface area contributed by atoms with E-state index in [0.717, 1.165) is 6.07 Å². The summed E-state index contributed by atoms with van der Waals surface area (Å²) in [6.45, 7) is -1.37. The SMILES string of the molecule is O=c1c(OC[C@@H]2O[C@@H](O)[C@H](O)[C@@H](O)[C@@H]2O)c(-c2ccc(O)cc2)oc2cc(O)c(OC[C@H]3O[C@H](O)[C@@H](O)[C@H](O)[C@H]3O)c(O)c12. The van der Waals surface area contributed by atoms with Gasteiger partial charge < -0.3 is 79.5 Å². The molecule has 2 aliphatic rings. The first-order valence-corrected chi connectivity index (χ1v) is 13.2. The lowest BCUT2D eigenvalue weighted by atomic mass is 9.99. The van der Waals surface area contributed by atoms with E-state index in [9.17, 15) is 61.0 Å². The second-order valence-corrected chi connectivity index (χ2v) is 10.3. The summed E-state index contributed by atoms with van der Waals surface area (Å²) in [5, 5.41) is 110. The van der Waals surface area contributed by atoms with Crippen LogP contribution >= 0.6 is 0 Å². The summed E-state index contributed by atoms with van der Waals surface area (Å²) < 4.78 is 26.9. The Labute approximate surface area is 246 Å². The van der Waals surface area contributed by atoms with Crippen molar-refractivity contribution in [3.8, 4) is 40.1 Å². The molecule has 2 fully saturated rings. The Balaban J connectivity index is 1.52. The number of hydrogen-bond acceptors (Lipinski definition) is 17. The quantitative estimate of drug-likeness (QED) is 0.124. The van der Waals surface area contributed by atoms with Crippen molar-refractivity contribution in [2.24, 2.45) is 0 Å². The molecule has 0 spiro atoms. The zero-order valence-corrected chi connectivity index (χ0v) is 22.4. The molecule has 2 saturated heterocycles. The largest absolute Gasteiger partial charge is 0.508 e. The Morgan fingerprint density at radius 2 is 1.16 bits per heavy atom. The molecule has 0 amide bonds. The van der Waals surface area contributed by atoms with Crippen LogP contribution in [0.1, 0.15) is 0 Å². The minimum atomic E-state index is -1.89. The van der Waals surface area contributed by atoms with E-state index in [1.54, 1.807) is 0 Å². The van der Waals surface area contributed by atoms with Gasteiger partial charge in [-0.15, -0.1) is 0 Å². The first kappa shape index (κ1) is 31.7. The number of aliphatic hydroxyl groups is 8. The zero-order chi connectivity index (χ0) is 32.0. The number of fused-ring (bicyclic) bond motifs is 1. The summed E-state index contributed by atoms with van der Waals surface area (Å²) >= 11 is 0. The van der Waals surface area contributed by atoms with Crippen LogP contribution in [0.25, 0.3) is 22.3 Å². The van der Waals surface area contributed by atoms with Crippen molar-refractivity contribution >= 4 is 11.0 Å². The Morgan fingerprint density at radius 3 is 1.68 bits per heavy atom. The van der Waals surface area contributed by atoms with Crippen LogP contribution in [-0.4, -0.2) is 131 Å². The summed E-state index contributed by atoms with van der Waals surface area (Å²) in [4.78, 5) is 13.8. The zero-order valence-electron chi connectivity index (χ0n) is 22.4. The fourth-order valence-electron chi connectivity index (χ4n) is 4.83. The molecule has 0 radical (unpaired) electrons. The topological polar surface area (TPSA) is 290 Å². The third-order valence-corrected chi connectivity index (χ3v) is 7.34. The van der Waals surface area contributed by atoms with Gasteiger partial charge in [0.05, 0.1) is 0 Å². The standard InChI is InChI=1S/C27H30O17/c28-9-3-1-8(2-4-9)23-25(41-7-13-16(31)20(35)22(37)27(39)44-13)18(33)14-11(42-23)5-10(29)24(17(14)32)40-6-12-15(30)19(34)21(36)26(38)43-12/h1-5,12-13,15-16,19-22,26-32,34-39H,6-7H2/t12-,13+,15+,16-,19-,20+,21+,22-,26+,27-/m1/s1. The highest BCUT2D eigenvalue weighted by molar-refractivity contribution is 5.91. The first-order valence-electron chi connectivity index (χ1n) is 13.2. The summed E-state index contributed by atoms with van der Waals surface area (Å²) in [5.74, 6) is -3.35. The van der Waals surface area contributed by atoms with Gasteiger partial charge in [-0.1, -0.05) is 0 Å². The molecule has 2 aromatic carbocycles. The number of benzene rings is 2. The molecule has 3 aromatic rings. The third-order valence-electron chi connectivity index (χ3n) is 7.34. The molecule has 3 heterocycles. The summed E-state index contributed by atoms with van der Waals surface area (Å²) in [5.41, 5.74) is -1.22. The first-order chi connectivity index (χ1) is 20.8. The Kier molecular flexibility index (Phi) is 8.87. The molecule has 17 heteroatoms. The van der Waals surface area contributed by atoms with Crippen molar-refractivity contribution in [3.63, 3.8) is 0 Å². The van der Waals surface area contributed by atoms with Gasteiger partial charge in [-0.3, -0.25) is 4.79 Å². The number of aromatic hydroxyl groups is 3. The molecule has 240 valence electrons. The van der Waals surface area contributed by atoms with Crippen molar-refractivity contribution in [3.05, 3.63) is 40.6 Å². The molecular weight excluding hydrogens is 596 g/mol. The fraction of sp³-hybridized carbons (Fsp3) is 0.444. The van der Waals surface area contributed by atoms with Gasteiger partial charge in [0.1, 0.15) is 78.8 Å². The number of phenols is 3. The summed E-state index contributed by atoms with van der Waals surface area (Å²) in [7, 11) is 0. The van der Waals surface area contributed by atoms with E-state index >= 15 is 0 Å². The predicted octanol–water partition coefficient (Wildman–Crippen LogP) is -3.07. The lowest BCUT2D eigenvalue weighted by Gasteiger charge is -2.38. The third kappa shape index (κ3) is 5.73. The summed E-state index contributed by atoms with van der Waals surface area (Å²) in [6.07, 6.45) is -17.4. The number of hydrogen-bond donors (Lipinski definition) is 11. The van der Waals surface area contributed by atoms with Crippen LogP contribution in [0.3, 0.4) is 0 Å². The van der Waals surface area contributed by atoms with Gasteiger partial charge in [0.15, 0.2) is 29.8 Å². The van der Waals surface area contributed by atoms with Crippen LogP contribution in [0.2, 0.25) is 0 Å². The van der Waals surface area contributed by atoms with Gasteiger partial charge in [-0.05, 0) is 24.3 Å². The summed E-state index contributed by atoms with van der Waals surface area (Å²) in [6, 6.07) is 6.17. The molecule has 1 aromatic heterocycles. The molecule has 44 heavy (non-hydrogen) atoms. The molecule has 0 bridgehead atoms. The Bertz CT molecular complexity index is 1540. The number of phenolic OH excluding ortho intramolecular Hbond substituents is 3. The molecule has 0 aliphatic carbocycles. The lowest BCUT2D eigenvalue weighted by Crippen LogP contribution is -2.58. The van der Waals surface area contributed by atoms with Crippen LogP contribution in [-0.2, 0) is 9.47 Å². The average Bonchev–Trinajstić information content (AvgIpc) is 2.99. The van der Waals surface area contributed by atoms with Gasteiger partial charge in [-0.2, -0.15) is 0 Å². The van der Waals surface area contributed by atoms with Gasteiger partial charge in [0, 0.05) is 11.6 Å². The van der Waals surface area contributed by atoms with Crippen molar-refractivity contribution in [1.82, 2.24) is 0 Å². The normalized spacial score (nSPS) is 32.5. The molecule has 10 atom stereocenters. The van der Waals surface area contributed by atoms with Gasteiger partial charge in [0.25, 0.3) is 0 Å². The average molecular weight is 627 g/mol. The maximum Gasteiger partial charge on any atom is 0.239 e. The van der Waals surface area contributed by atoms with Crippen LogP contribution in [0.4, 0.5) is 0 Å². The molecule has 5 rings (SSSR count). The van der Waals surface area contributed by atoms with Gasteiger partial charge in [-0.25, -0.2) is 0 Å². The van der Waals surface area contributed by atoms with E-state index in [4.69, 9.17) is 23.4 Å². The van der Waals surface area contributed by atoms with Crippen molar-refractivity contribution in [2.45, 2.75) is 61.4 Å². The van der Waals surface area contributed by atoms with E-state index in [1.807, 2.05) is 0 Å². The highest BCUT2D eigenvalue weighted by Gasteiger charge is 2.44. The molecular formula is C27H30O17. The van der Waals surface area contributed by atoms with Crippen LogP contribution in [0.15, 0.2) is 39.5 Å². The number of ether oxygens (including phenoxy) is 4. The van der Waals surface area contributed by atoms with Crippen molar-refractivity contribution in [2.75, 3.05) is 13.2 Å². The highest BCUT2D eigenvalue weighted by atomic mass is 16.7. The molecule has 17 nitrogen and oxygen atoms in total. The van der Waals surface area contributed by atoms with Crippen molar-refractivity contribution < 1.29 is 79.5 Å². The Morgan fingerprint density at radius 1 is 0.659 bits per heavy atom. The lowest BCUT2D eigenvalue weighted by molar-refractivity contribution is -0.285. The molecule has 2 aliphatic heterocycles. The highest BCUT2D eigenvalue weighted by Crippen LogP contribution is 2.44. The molecule has 0 unspecified atom stereocenters. The second kappa shape index (κ2) is 12.3. The Hall–Kier alpha value is -3.75. The number of rotatable bonds is 7. The van der Waals surface area contributed by atoms with Gasteiger partial charge >= 0.3 is 0 Å². The smallest absolute Gasteiger partial charge is 0.239 e. The van der Waals surface area contributed by atoms with E-state index in [-0.39, 0.29) is 22.7 Å². The second-order valence-electron chi connectivity index (χ2n) is 10.3. The van der Waals surface area contributed by atoms with E-state index in [2.05, 4.69) is 0 Å². The van der Waals surface area contributed by atoms with Crippen LogP contribution in [0.5, 0.6) is 28.7 Å². The molecule has 0 saturated carbocycles. The minimum Gasteiger partial charge on any atom is -0.508 e. The van der Waals surface area contributed by atoms with E-state index in [0.29, 0.717) is 0 Å². The van der Waals surface area contributed by atoms with E-state index < -0.39 is 108 Å². The number of aliphatic hydroxyl groups excluding tert-OH is 8. The minimum absolute atomic E-state index is 0.127. The fourth-order valence-corrected chi connectivity index (χ4v) is 4.83. The van der Waals surface area contributed by atoms with Crippen molar-refractivity contribution in [1.29, 1.82) is 0 Å². The van der Waals surface area contributed by atoms with Gasteiger partial charge in [0.2, 0.25) is 16.9 Å². The maximum atomic E-state index is 13.8. The molecule has 11 N–H and O–H groups in total. The monoisotopic (exact) mass is 626 g/mol. The predicted molar refractivity (Wildman–Crippen MR) is 142 cm³/mol. The van der Waals surface area contributed by atoms with Crippen LogP contribution in [0, 0.1) is 0 Å². The van der Waals surface area contributed by atoms with Crippen LogP contribution < -0.4 is 14.9 Å².